The molecule has 0 amide bonds. The van der Waals surface area contributed by atoms with E-state index < -0.39 is 10.0 Å². The van der Waals surface area contributed by atoms with Crippen LogP contribution in [0, 0.1) is 5.92 Å². The van der Waals surface area contributed by atoms with Gasteiger partial charge in [0.25, 0.3) is 10.0 Å². The van der Waals surface area contributed by atoms with E-state index in [2.05, 4.69) is 15.9 Å². The largest absolute Gasteiger partial charge is 0.252 e. The van der Waals surface area contributed by atoms with Crippen molar-refractivity contribution in [3.8, 4) is 0 Å². The average molecular weight is 375 g/mol. The van der Waals surface area contributed by atoms with Gasteiger partial charge in [-0.1, -0.05) is 25.4 Å². The predicted octanol–water partition coefficient (Wildman–Crippen LogP) is 4.22. The van der Waals surface area contributed by atoms with Gasteiger partial charge in [0, 0.05) is 12.6 Å². The molecular formula is C11H17BrClNO2S2. The van der Waals surface area contributed by atoms with Crippen LogP contribution >= 0.6 is 38.9 Å². The summed E-state index contributed by atoms with van der Waals surface area (Å²) in [6, 6.07) is 1.43. The van der Waals surface area contributed by atoms with E-state index in [-0.39, 0.29) is 16.2 Å². The Labute approximate surface area is 126 Å². The van der Waals surface area contributed by atoms with Gasteiger partial charge in [-0.3, -0.25) is 0 Å². The molecule has 0 unspecified atom stereocenters. The van der Waals surface area contributed by atoms with Crippen molar-refractivity contribution in [1.29, 1.82) is 0 Å². The molecule has 0 fully saturated rings. The maximum absolute atomic E-state index is 12.5. The first-order chi connectivity index (χ1) is 8.16. The third-order valence-electron chi connectivity index (χ3n) is 2.31. The molecule has 1 rings (SSSR count). The van der Waals surface area contributed by atoms with Gasteiger partial charge in [-0.05, 0) is 41.8 Å². The van der Waals surface area contributed by atoms with Crippen LogP contribution in [0.4, 0.5) is 0 Å². The Balaban J connectivity index is 3.17. The minimum atomic E-state index is -3.46. The number of thiophene rings is 1. The Hall–Kier alpha value is 0.380. The van der Waals surface area contributed by atoms with Gasteiger partial charge in [0.1, 0.15) is 4.21 Å². The second-order valence-electron chi connectivity index (χ2n) is 4.75. The van der Waals surface area contributed by atoms with Gasteiger partial charge in [0.15, 0.2) is 0 Å². The minimum Gasteiger partial charge on any atom is -0.206 e. The summed E-state index contributed by atoms with van der Waals surface area (Å²) < 4.78 is 27.5. The molecule has 7 heteroatoms. The van der Waals surface area contributed by atoms with Gasteiger partial charge in [-0.2, -0.15) is 4.31 Å². The Morgan fingerprint density at radius 2 is 1.94 bits per heavy atom. The van der Waals surface area contributed by atoms with Crippen molar-refractivity contribution in [2.24, 2.45) is 5.92 Å². The number of sulfonamides is 1. The number of nitrogens with zero attached hydrogens (tertiary/aromatic N) is 1. The standard InChI is InChI=1S/C11H17BrClNO2S2/c1-7(2)6-14(8(3)4)18(15,16)10-5-9(13)11(12)17-10/h5,7-8H,6H2,1-4H3. The van der Waals surface area contributed by atoms with Crippen molar-refractivity contribution in [1.82, 2.24) is 4.31 Å². The Bertz CT molecular complexity index is 492. The summed E-state index contributed by atoms with van der Waals surface area (Å²) in [6.07, 6.45) is 0. The van der Waals surface area contributed by atoms with Crippen molar-refractivity contribution in [2.75, 3.05) is 6.54 Å². The molecular weight excluding hydrogens is 358 g/mol. The number of hydrogen-bond donors (Lipinski definition) is 0. The molecule has 3 nitrogen and oxygen atoms in total. The second kappa shape index (κ2) is 6.22. The molecule has 0 aliphatic carbocycles. The maximum atomic E-state index is 12.5. The van der Waals surface area contributed by atoms with Crippen molar-refractivity contribution in [3.63, 3.8) is 0 Å². The monoisotopic (exact) mass is 373 g/mol. The van der Waals surface area contributed by atoms with Gasteiger partial charge in [-0.15, -0.1) is 11.3 Å². The van der Waals surface area contributed by atoms with Crippen LogP contribution in [-0.2, 0) is 10.0 Å². The molecule has 104 valence electrons. The molecule has 1 aromatic heterocycles. The predicted molar refractivity (Wildman–Crippen MR) is 80.9 cm³/mol. The molecule has 1 heterocycles. The highest BCUT2D eigenvalue weighted by molar-refractivity contribution is 9.11. The van der Waals surface area contributed by atoms with E-state index in [1.807, 2.05) is 27.7 Å². The summed E-state index contributed by atoms with van der Waals surface area (Å²) in [6.45, 7) is 8.27. The first kappa shape index (κ1) is 16.4. The first-order valence-electron chi connectivity index (χ1n) is 5.63. The Morgan fingerprint density at radius 3 is 2.28 bits per heavy atom. The van der Waals surface area contributed by atoms with Gasteiger partial charge < -0.3 is 0 Å². The number of rotatable bonds is 5. The molecule has 18 heavy (non-hydrogen) atoms. The molecule has 0 bridgehead atoms. The van der Waals surface area contributed by atoms with Crippen molar-refractivity contribution in [2.45, 2.75) is 37.9 Å². The molecule has 0 aliphatic rings. The lowest BCUT2D eigenvalue weighted by Crippen LogP contribution is -2.39. The summed E-state index contributed by atoms with van der Waals surface area (Å²) in [5.41, 5.74) is 0. The van der Waals surface area contributed by atoms with E-state index in [9.17, 15) is 8.42 Å². The number of hydrogen-bond acceptors (Lipinski definition) is 3. The second-order valence-corrected chi connectivity index (χ2v) is 9.64. The van der Waals surface area contributed by atoms with Crippen LogP contribution in [0.3, 0.4) is 0 Å². The van der Waals surface area contributed by atoms with Gasteiger partial charge >= 0.3 is 0 Å². The van der Waals surface area contributed by atoms with Crippen LogP contribution in [0.25, 0.3) is 0 Å². The van der Waals surface area contributed by atoms with Crippen LogP contribution in [0.5, 0.6) is 0 Å². The zero-order valence-electron chi connectivity index (χ0n) is 10.8. The summed E-state index contributed by atoms with van der Waals surface area (Å²) >= 11 is 10.3. The van der Waals surface area contributed by atoms with E-state index in [4.69, 9.17) is 11.6 Å². The van der Waals surface area contributed by atoms with Crippen molar-refractivity contribution in [3.05, 3.63) is 14.9 Å². The highest BCUT2D eigenvalue weighted by Crippen LogP contribution is 2.36. The Kier molecular flexibility index (Phi) is 5.68. The van der Waals surface area contributed by atoms with Gasteiger partial charge in [-0.25, -0.2) is 8.42 Å². The molecule has 0 atom stereocenters. The summed E-state index contributed by atoms with van der Waals surface area (Å²) in [7, 11) is -3.46. The van der Waals surface area contributed by atoms with Crippen LogP contribution in [-0.4, -0.2) is 25.3 Å². The molecule has 0 saturated heterocycles. The smallest absolute Gasteiger partial charge is 0.206 e. The molecule has 0 aromatic carbocycles. The quantitative estimate of drug-likeness (QED) is 0.774. The third kappa shape index (κ3) is 3.70. The van der Waals surface area contributed by atoms with Crippen LogP contribution in [0.1, 0.15) is 27.7 Å². The zero-order chi connectivity index (χ0) is 14.1. The fraction of sp³-hybridized carbons (Fsp3) is 0.636. The lowest BCUT2D eigenvalue weighted by atomic mass is 10.2. The SMILES string of the molecule is CC(C)CN(C(C)C)S(=O)(=O)c1cc(Cl)c(Br)s1. The Morgan fingerprint density at radius 1 is 1.39 bits per heavy atom. The normalized spacial score (nSPS) is 12.9. The third-order valence-corrected chi connectivity index (χ3v) is 7.27. The van der Waals surface area contributed by atoms with Crippen LogP contribution in [0.15, 0.2) is 14.1 Å². The molecule has 0 saturated carbocycles. The van der Waals surface area contributed by atoms with Crippen molar-refractivity contribution < 1.29 is 8.42 Å². The lowest BCUT2D eigenvalue weighted by molar-refractivity contribution is 0.319. The zero-order valence-corrected chi connectivity index (χ0v) is 14.8. The molecule has 0 spiro atoms. The molecule has 1 aromatic rings. The summed E-state index contributed by atoms with van der Waals surface area (Å²) in [4.78, 5) is 0. The van der Waals surface area contributed by atoms with E-state index in [1.165, 1.54) is 10.4 Å². The topological polar surface area (TPSA) is 37.4 Å². The minimum absolute atomic E-state index is 0.0722. The van der Waals surface area contributed by atoms with E-state index >= 15 is 0 Å². The first-order valence-corrected chi connectivity index (χ1v) is 9.05. The highest BCUT2D eigenvalue weighted by atomic mass is 79.9. The summed E-state index contributed by atoms with van der Waals surface area (Å²) in [5, 5.41) is 0.437. The lowest BCUT2D eigenvalue weighted by Gasteiger charge is -2.26. The van der Waals surface area contributed by atoms with Gasteiger partial charge in [0.05, 0.1) is 8.81 Å². The molecule has 0 aliphatic heterocycles. The number of halogens is 2. The van der Waals surface area contributed by atoms with E-state index in [1.54, 1.807) is 0 Å². The van der Waals surface area contributed by atoms with E-state index in [0.717, 1.165) is 11.3 Å². The molecule has 0 N–H and O–H groups in total. The highest BCUT2D eigenvalue weighted by Gasteiger charge is 2.29. The van der Waals surface area contributed by atoms with Gasteiger partial charge in [0.2, 0.25) is 0 Å². The average Bonchev–Trinajstić information content (AvgIpc) is 2.55. The van der Waals surface area contributed by atoms with Crippen molar-refractivity contribution >= 4 is 48.9 Å². The summed E-state index contributed by atoms with van der Waals surface area (Å²) in [5.74, 6) is 0.279. The maximum Gasteiger partial charge on any atom is 0.252 e. The molecule has 0 radical (unpaired) electrons. The van der Waals surface area contributed by atoms with Crippen LogP contribution in [0.2, 0.25) is 5.02 Å². The van der Waals surface area contributed by atoms with E-state index in [0.29, 0.717) is 15.4 Å². The fourth-order valence-electron chi connectivity index (χ4n) is 1.52. The van der Waals surface area contributed by atoms with Crippen LogP contribution < -0.4 is 0 Å². The fourth-order valence-corrected chi connectivity index (χ4v) is 5.84.